The molecule has 0 saturated heterocycles. The van der Waals surface area contributed by atoms with Crippen LogP contribution in [0.15, 0.2) is 30.3 Å². The summed E-state index contributed by atoms with van der Waals surface area (Å²) in [6.07, 6.45) is 20.3. The van der Waals surface area contributed by atoms with Crippen LogP contribution in [0.1, 0.15) is 110 Å². The van der Waals surface area contributed by atoms with Crippen molar-refractivity contribution in [2.24, 2.45) is 0 Å². The molecule has 0 bridgehead atoms. The molecule has 0 aliphatic carbocycles. The second kappa shape index (κ2) is 20.2. The maximum absolute atomic E-state index is 10.5. The molecule has 4 nitrogen and oxygen atoms in total. The van der Waals surface area contributed by atoms with E-state index < -0.39 is 10.1 Å². The summed E-state index contributed by atoms with van der Waals surface area (Å²) in [6.45, 7) is 2.26. The minimum Gasteiger partial charge on any atom is -0.399 e. The molecule has 1 rings (SSSR count). The van der Waals surface area contributed by atoms with Gasteiger partial charge in [-0.25, -0.2) is 0 Å². The lowest BCUT2D eigenvalue weighted by Gasteiger charge is -2.03. The molecule has 0 amide bonds. The molecule has 1 aromatic rings. The Hall–Kier alpha value is -1.07. The second-order valence-corrected chi connectivity index (χ2v) is 9.57. The maximum atomic E-state index is 10.5. The molecule has 0 aromatic heterocycles. The third-order valence-corrected chi connectivity index (χ3v) is 5.86. The largest absolute Gasteiger partial charge is 0.399 e. The molecule has 29 heavy (non-hydrogen) atoms. The average molecular weight is 428 g/mol. The van der Waals surface area contributed by atoms with Crippen LogP contribution in [0.25, 0.3) is 0 Å². The van der Waals surface area contributed by atoms with Gasteiger partial charge in [-0.2, -0.15) is 8.42 Å². The molecule has 0 radical (unpaired) electrons. The summed E-state index contributed by atoms with van der Waals surface area (Å²) in [6, 6.07) is 9.49. The number of rotatable bonds is 17. The van der Waals surface area contributed by atoms with E-state index in [9.17, 15) is 8.42 Å². The summed E-state index contributed by atoms with van der Waals surface area (Å²) in [4.78, 5) is 0. The van der Waals surface area contributed by atoms with Gasteiger partial charge in [0.1, 0.15) is 0 Å². The zero-order valence-corrected chi connectivity index (χ0v) is 19.5. The van der Waals surface area contributed by atoms with E-state index in [1.807, 2.05) is 30.3 Å². The van der Waals surface area contributed by atoms with Gasteiger partial charge in [-0.3, -0.25) is 4.55 Å². The van der Waals surface area contributed by atoms with E-state index in [-0.39, 0.29) is 5.75 Å². The molecular weight excluding hydrogens is 382 g/mol. The zero-order valence-electron chi connectivity index (χ0n) is 18.7. The zero-order chi connectivity index (χ0) is 21.6. The first-order valence-corrected chi connectivity index (χ1v) is 13.3. The van der Waals surface area contributed by atoms with Crippen LogP contribution in [0.4, 0.5) is 5.69 Å². The van der Waals surface area contributed by atoms with E-state index in [1.165, 1.54) is 83.5 Å². The van der Waals surface area contributed by atoms with Gasteiger partial charge in [0, 0.05) is 5.69 Å². The van der Waals surface area contributed by atoms with Crippen molar-refractivity contribution in [3.63, 3.8) is 0 Å². The Balaban J connectivity index is 0.000000929. The molecule has 0 aliphatic heterocycles. The molecule has 0 fully saturated rings. The molecule has 0 heterocycles. The predicted octanol–water partition coefficient (Wildman–Crippen LogP) is 7.40. The quantitative estimate of drug-likeness (QED) is 0.154. The fraction of sp³-hybridized carbons (Fsp3) is 0.750. The van der Waals surface area contributed by atoms with E-state index in [2.05, 4.69) is 6.92 Å². The van der Waals surface area contributed by atoms with Gasteiger partial charge < -0.3 is 5.73 Å². The molecule has 3 N–H and O–H groups in total. The van der Waals surface area contributed by atoms with Gasteiger partial charge in [0.25, 0.3) is 10.1 Å². The normalized spacial score (nSPS) is 11.1. The van der Waals surface area contributed by atoms with Crippen molar-refractivity contribution >= 4 is 15.8 Å². The average Bonchev–Trinajstić information content (AvgIpc) is 2.68. The highest BCUT2D eigenvalue weighted by Crippen LogP contribution is 2.13. The molecule has 0 unspecified atom stereocenters. The van der Waals surface area contributed by atoms with Crippen molar-refractivity contribution in [2.75, 3.05) is 11.5 Å². The first-order valence-electron chi connectivity index (χ1n) is 11.7. The van der Waals surface area contributed by atoms with Gasteiger partial charge in [0.05, 0.1) is 5.75 Å². The van der Waals surface area contributed by atoms with Crippen LogP contribution < -0.4 is 5.73 Å². The van der Waals surface area contributed by atoms with E-state index >= 15 is 0 Å². The summed E-state index contributed by atoms with van der Waals surface area (Å²) in [7, 11) is -3.74. The monoisotopic (exact) mass is 427 g/mol. The van der Waals surface area contributed by atoms with Gasteiger partial charge in [0.15, 0.2) is 0 Å². The van der Waals surface area contributed by atoms with Crippen LogP contribution in [0.2, 0.25) is 0 Å². The third kappa shape index (κ3) is 24.9. The molecule has 5 heteroatoms. The Morgan fingerprint density at radius 2 is 1.00 bits per heavy atom. The lowest BCUT2D eigenvalue weighted by atomic mass is 10.0. The van der Waals surface area contributed by atoms with Crippen LogP contribution in [0, 0.1) is 0 Å². The van der Waals surface area contributed by atoms with Gasteiger partial charge in [-0.05, 0) is 18.6 Å². The molecule has 1 aromatic carbocycles. The number of para-hydroxylation sites is 1. The Morgan fingerprint density at radius 3 is 1.28 bits per heavy atom. The number of nitrogens with two attached hydrogens (primary N) is 1. The van der Waals surface area contributed by atoms with Crippen molar-refractivity contribution in [3.05, 3.63) is 30.3 Å². The molecule has 0 saturated carbocycles. The number of anilines is 1. The Morgan fingerprint density at radius 1 is 0.655 bits per heavy atom. The number of benzene rings is 1. The minimum absolute atomic E-state index is 0.0779. The lowest BCUT2D eigenvalue weighted by molar-refractivity contribution is 0.478. The SMILES string of the molecule is CCCCCCCCCCCCCCCCCCS(=O)(=O)O.Nc1ccccc1. The van der Waals surface area contributed by atoms with E-state index in [4.69, 9.17) is 10.3 Å². The third-order valence-electron chi connectivity index (χ3n) is 5.06. The van der Waals surface area contributed by atoms with Gasteiger partial charge in [-0.1, -0.05) is 121 Å². The fourth-order valence-electron chi connectivity index (χ4n) is 3.29. The fourth-order valence-corrected chi connectivity index (χ4v) is 3.85. The number of unbranched alkanes of at least 4 members (excludes halogenated alkanes) is 15. The molecule has 0 aliphatic rings. The molecule has 170 valence electrons. The van der Waals surface area contributed by atoms with Gasteiger partial charge >= 0.3 is 0 Å². The summed E-state index contributed by atoms with van der Waals surface area (Å²) in [5, 5.41) is 0. The van der Waals surface area contributed by atoms with E-state index in [1.54, 1.807) is 0 Å². The topological polar surface area (TPSA) is 80.4 Å². The number of nitrogen functional groups attached to an aromatic ring is 1. The second-order valence-electron chi connectivity index (χ2n) is 8.00. The van der Waals surface area contributed by atoms with Crippen LogP contribution in [0.3, 0.4) is 0 Å². The smallest absolute Gasteiger partial charge is 0.264 e. The maximum Gasteiger partial charge on any atom is 0.264 e. The van der Waals surface area contributed by atoms with Crippen LogP contribution in [-0.4, -0.2) is 18.7 Å². The van der Waals surface area contributed by atoms with Crippen LogP contribution >= 0.6 is 0 Å². The molecule has 0 atom stereocenters. The highest BCUT2D eigenvalue weighted by atomic mass is 32.2. The highest BCUT2D eigenvalue weighted by molar-refractivity contribution is 7.85. The van der Waals surface area contributed by atoms with Crippen molar-refractivity contribution in [1.29, 1.82) is 0 Å². The van der Waals surface area contributed by atoms with Crippen LogP contribution in [0.5, 0.6) is 0 Å². The Bertz CT molecular complexity index is 547. The van der Waals surface area contributed by atoms with Crippen molar-refractivity contribution < 1.29 is 13.0 Å². The van der Waals surface area contributed by atoms with Gasteiger partial charge in [0.2, 0.25) is 0 Å². The summed E-state index contributed by atoms with van der Waals surface area (Å²) in [5.41, 5.74) is 6.18. The van der Waals surface area contributed by atoms with E-state index in [0.717, 1.165) is 18.5 Å². The molecular formula is C24H45NO3S. The Kier molecular flexibility index (Phi) is 19.5. The minimum atomic E-state index is -3.74. The van der Waals surface area contributed by atoms with Crippen LogP contribution in [-0.2, 0) is 10.1 Å². The summed E-state index contributed by atoms with van der Waals surface area (Å²) >= 11 is 0. The number of hydrogen-bond donors (Lipinski definition) is 2. The van der Waals surface area contributed by atoms with Crippen molar-refractivity contribution in [2.45, 2.75) is 110 Å². The molecule has 0 spiro atoms. The first kappa shape index (κ1) is 27.9. The lowest BCUT2D eigenvalue weighted by Crippen LogP contribution is -2.03. The predicted molar refractivity (Wildman–Crippen MR) is 127 cm³/mol. The number of hydrogen-bond acceptors (Lipinski definition) is 3. The Labute approximate surface area is 180 Å². The first-order chi connectivity index (χ1) is 14.0. The van der Waals surface area contributed by atoms with Gasteiger partial charge in [-0.15, -0.1) is 0 Å². The van der Waals surface area contributed by atoms with Crippen molar-refractivity contribution in [3.8, 4) is 0 Å². The summed E-state index contributed by atoms with van der Waals surface area (Å²) < 4.78 is 29.7. The standard InChI is InChI=1S/C18H38O3S.C6H7N/c1-2-3-4-5-6-7-8-9-10-11-12-13-14-15-16-17-18-22(19,20)21;7-6-4-2-1-3-5-6/h2-18H2,1H3,(H,19,20,21);1-5H,7H2. The summed E-state index contributed by atoms with van der Waals surface area (Å²) in [5.74, 6) is -0.0779. The van der Waals surface area contributed by atoms with E-state index in [0.29, 0.717) is 6.42 Å². The van der Waals surface area contributed by atoms with Crippen molar-refractivity contribution in [1.82, 2.24) is 0 Å². The highest BCUT2D eigenvalue weighted by Gasteiger charge is 2.02.